The lowest BCUT2D eigenvalue weighted by Gasteiger charge is -2.14. The van der Waals surface area contributed by atoms with Crippen LogP contribution in [0.5, 0.6) is 0 Å². The zero-order valence-electron chi connectivity index (χ0n) is 14.3. The van der Waals surface area contributed by atoms with E-state index in [0.717, 1.165) is 19.1 Å². The summed E-state index contributed by atoms with van der Waals surface area (Å²) < 4.78 is 31.0. The molecule has 1 atom stereocenters. The summed E-state index contributed by atoms with van der Waals surface area (Å²) in [6.07, 6.45) is 1.47. The number of hydrogen-bond acceptors (Lipinski definition) is 7. The zero-order valence-corrected chi connectivity index (χ0v) is 15.1. The molecule has 0 aliphatic rings. The van der Waals surface area contributed by atoms with Gasteiger partial charge in [0.15, 0.2) is 11.6 Å². The minimum Gasteiger partial charge on any atom is -0.468 e. The molecular weight excluding hydrogens is 344 g/mol. The predicted molar refractivity (Wildman–Crippen MR) is 91.5 cm³/mol. The van der Waals surface area contributed by atoms with Gasteiger partial charge in [-0.2, -0.15) is 0 Å². The molecule has 0 spiro atoms. The van der Waals surface area contributed by atoms with E-state index in [9.17, 15) is 13.2 Å². The van der Waals surface area contributed by atoms with Crippen LogP contribution in [-0.2, 0) is 25.9 Å². The molecule has 2 N–H and O–H groups in total. The van der Waals surface area contributed by atoms with Gasteiger partial charge in [-0.1, -0.05) is 43.7 Å². The third-order valence-electron chi connectivity index (χ3n) is 3.67. The second kappa shape index (κ2) is 8.21. The maximum atomic E-state index is 12.5. The van der Waals surface area contributed by atoms with Crippen LogP contribution in [0.1, 0.15) is 37.2 Å². The van der Waals surface area contributed by atoms with Gasteiger partial charge in [0.25, 0.3) is 5.16 Å². The van der Waals surface area contributed by atoms with Gasteiger partial charge in [0.1, 0.15) is 0 Å². The molecule has 2 aromatic rings. The number of nitrogens with two attached hydrogens (primary N) is 1. The van der Waals surface area contributed by atoms with Gasteiger partial charge in [0.2, 0.25) is 9.84 Å². The molecule has 1 aromatic heterocycles. The number of carbonyl (C=O) groups is 1. The van der Waals surface area contributed by atoms with E-state index in [1.165, 1.54) is 4.57 Å². The molecule has 1 aromatic carbocycles. The number of esters is 1. The second-order valence-electron chi connectivity index (χ2n) is 5.64. The maximum absolute atomic E-state index is 12.5. The lowest BCUT2D eigenvalue weighted by atomic mass is 10.1. The predicted octanol–water partition coefficient (Wildman–Crippen LogP) is 1.07. The van der Waals surface area contributed by atoms with Crippen LogP contribution in [0.3, 0.4) is 0 Å². The molecule has 0 amide bonds. The Kier molecular flexibility index (Phi) is 6.27. The van der Waals surface area contributed by atoms with Crippen LogP contribution in [0.15, 0.2) is 35.5 Å². The SMILES string of the molecule is CCCC(N)c1nnc(S(=O)(=O)CC(=O)OC)n1Cc1ccccc1. The first kappa shape index (κ1) is 19.1. The number of nitrogens with zero attached hydrogens (tertiary/aromatic N) is 3. The Morgan fingerprint density at radius 3 is 2.56 bits per heavy atom. The van der Waals surface area contributed by atoms with Crippen molar-refractivity contribution in [3.63, 3.8) is 0 Å². The van der Waals surface area contributed by atoms with Crippen molar-refractivity contribution in [2.45, 2.75) is 37.5 Å². The Bertz CT molecular complexity index is 818. The van der Waals surface area contributed by atoms with Crippen molar-refractivity contribution in [2.24, 2.45) is 5.73 Å². The Morgan fingerprint density at radius 2 is 1.96 bits per heavy atom. The highest BCUT2D eigenvalue weighted by molar-refractivity contribution is 7.91. The van der Waals surface area contributed by atoms with Gasteiger partial charge >= 0.3 is 5.97 Å². The first-order chi connectivity index (χ1) is 11.9. The van der Waals surface area contributed by atoms with Crippen molar-refractivity contribution < 1.29 is 17.9 Å². The third kappa shape index (κ3) is 4.64. The first-order valence-corrected chi connectivity index (χ1v) is 9.56. The van der Waals surface area contributed by atoms with Gasteiger partial charge in [-0.25, -0.2) is 8.42 Å². The topological polar surface area (TPSA) is 117 Å². The average Bonchev–Trinajstić information content (AvgIpc) is 3.00. The normalized spacial score (nSPS) is 12.8. The summed E-state index contributed by atoms with van der Waals surface area (Å²) >= 11 is 0. The number of methoxy groups -OCH3 is 1. The number of ether oxygens (including phenoxy) is 1. The summed E-state index contributed by atoms with van der Waals surface area (Å²) in [6, 6.07) is 8.87. The first-order valence-electron chi connectivity index (χ1n) is 7.91. The molecule has 2 rings (SSSR count). The van der Waals surface area contributed by atoms with E-state index in [4.69, 9.17) is 5.73 Å². The molecule has 0 radical (unpaired) electrons. The smallest absolute Gasteiger partial charge is 0.321 e. The van der Waals surface area contributed by atoms with Crippen LogP contribution < -0.4 is 5.73 Å². The highest BCUT2D eigenvalue weighted by atomic mass is 32.2. The number of hydrogen-bond donors (Lipinski definition) is 1. The van der Waals surface area contributed by atoms with Crippen LogP contribution in [0.2, 0.25) is 0 Å². The quantitative estimate of drug-likeness (QED) is 0.694. The molecule has 0 aliphatic heterocycles. The molecular formula is C16H22N4O4S. The third-order valence-corrected chi connectivity index (χ3v) is 5.15. The monoisotopic (exact) mass is 366 g/mol. The second-order valence-corrected chi connectivity index (χ2v) is 7.53. The molecule has 9 heteroatoms. The van der Waals surface area contributed by atoms with Crippen molar-refractivity contribution >= 4 is 15.8 Å². The van der Waals surface area contributed by atoms with Crippen molar-refractivity contribution in [1.82, 2.24) is 14.8 Å². The largest absolute Gasteiger partial charge is 0.468 e. The van der Waals surface area contributed by atoms with Crippen LogP contribution in [0.25, 0.3) is 0 Å². The van der Waals surface area contributed by atoms with Gasteiger partial charge < -0.3 is 10.5 Å². The van der Waals surface area contributed by atoms with Crippen molar-refractivity contribution in [3.8, 4) is 0 Å². The van der Waals surface area contributed by atoms with Crippen LogP contribution >= 0.6 is 0 Å². The van der Waals surface area contributed by atoms with Crippen LogP contribution in [0, 0.1) is 0 Å². The summed E-state index contributed by atoms with van der Waals surface area (Å²) in [6.45, 7) is 2.23. The van der Waals surface area contributed by atoms with Crippen LogP contribution in [-0.4, -0.2) is 42.0 Å². The van der Waals surface area contributed by atoms with Crippen molar-refractivity contribution in [1.29, 1.82) is 0 Å². The summed E-state index contributed by atoms with van der Waals surface area (Å²) in [5.41, 5.74) is 7.01. The fourth-order valence-corrected chi connectivity index (χ4v) is 3.65. The van der Waals surface area contributed by atoms with E-state index in [0.29, 0.717) is 12.2 Å². The molecule has 0 saturated heterocycles. The van der Waals surface area contributed by atoms with Crippen LogP contribution in [0.4, 0.5) is 0 Å². The standard InChI is InChI=1S/C16H22N4O4S/c1-3-7-13(17)15-18-19-16(25(22,23)11-14(21)24-2)20(15)10-12-8-5-4-6-9-12/h4-6,8-9,13H,3,7,10-11,17H2,1-2H3. The fraction of sp³-hybridized carbons (Fsp3) is 0.438. The molecule has 8 nitrogen and oxygen atoms in total. The van der Waals surface area contributed by atoms with Gasteiger partial charge in [-0.3, -0.25) is 9.36 Å². The zero-order chi connectivity index (χ0) is 18.4. The Morgan fingerprint density at radius 1 is 1.28 bits per heavy atom. The number of aromatic nitrogens is 3. The fourth-order valence-electron chi connectivity index (χ4n) is 2.44. The van der Waals surface area contributed by atoms with Gasteiger partial charge in [-0.05, 0) is 12.0 Å². The molecule has 0 aliphatic carbocycles. The Hall–Kier alpha value is -2.26. The number of benzene rings is 1. The molecule has 25 heavy (non-hydrogen) atoms. The molecule has 0 bridgehead atoms. The lowest BCUT2D eigenvalue weighted by Crippen LogP contribution is -2.23. The number of carbonyl (C=O) groups excluding carboxylic acids is 1. The minimum atomic E-state index is -3.99. The average molecular weight is 366 g/mol. The summed E-state index contributed by atoms with van der Waals surface area (Å²) in [4.78, 5) is 11.4. The Labute approximate surface area is 146 Å². The van der Waals surface area contributed by atoms with Crippen molar-refractivity contribution in [2.75, 3.05) is 12.9 Å². The summed E-state index contributed by atoms with van der Waals surface area (Å²) in [7, 11) is -2.86. The highest BCUT2D eigenvalue weighted by Crippen LogP contribution is 2.20. The maximum Gasteiger partial charge on any atom is 0.321 e. The molecule has 0 saturated carbocycles. The molecule has 1 heterocycles. The van der Waals surface area contributed by atoms with Gasteiger partial charge in [0, 0.05) is 0 Å². The lowest BCUT2D eigenvalue weighted by molar-refractivity contribution is -0.137. The van der Waals surface area contributed by atoms with E-state index in [1.54, 1.807) is 0 Å². The molecule has 136 valence electrons. The minimum absolute atomic E-state index is 0.246. The number of sulfone groups is 1. The molecule has 0 fully saturated rings. The summed E-state index contributed by atoms with van der Waals surface area (Å²) in [5.74, 6) is -1.26. The van der Waals surface area contributed by atoms with E-state index in [-0.39, 0.29) is 11.7 Å². The summed E-state index contributed by atoms with van der Waals surface area (Å²) in [5, 5.41) is 7.52. The van der Waals surface area contributed by atoms with E-state index >= 15 is 0 Å². The number of rotatable bonds is 8. The van der Waals surface area contributed by atoms with Gasteiger partial charge in [0.05, 0.1) is 19.7 Å². The molecule has 1 unspecified atom stereocenters. The highest BCUT2D eigenvalue weighted by Gasteiger charge is 2.29. The van der Waals surface area contributed by atoms with E-state index in [2.05, 4.69) is 14.9 Å². The van der Waals surface area contributed by atoms with E-state index in [1.807, 2.05) is 37.3 Å². The van der Waals surface area contributed by atoms with Gasteiger partial charge in [-0.15, -0.1) is 10.2 Å². The van der Waals surface area contributed by atoms with E-state index < -0.39 is 27.6 Å². The van der Waals surface area contributed by atoms with Crippen molar-refractivity contribution in [3.05, 3.63) is 41.7 Å². The Balaban J connectivity index is 2.47.